The van der Waals surface area contributed by atoms with E-state index < -0.39 is 8.32 Å². The molecular weight excluding hydrogens is 266 g/mol. The molecule has 0 unspecified atom stereocenters. The average molecular weight is 293 g/mol. The fourth-order valence-electron chi connectivity index (χ4n) is 1.46. The molecule has 1 aromatic heterocycles. The molecule has 0 aliphatic rings. The molecule has 1 aromatic rings. The Bertz CT molecular complexity index is 450. The minimum Gasteiger partial charge on any atom is -0.495 e. The van der Waals surface area contributed by atoms with Crippen LogP contribution in [0, 0.1) is 0 Å². The molecule has 0 aliphatic carbocycles. The second kappa shape index (κ2) is 7.04. The summed E-state index contributed by atoms with van der Waals surface area (Å²) in [6, 6.07) is 1.97. The van der Waals surface area contributed by atoms with Gasteiger partial charge in [0.05, 0.1) is 13.3 Å². The Morgan fingerprint density at radius 2 is 1.95 bits per heavy atom. The maximum absolute atomic E-state index is 6.12. The van der Waals surface area contributed by atoms with Crippen LogP contribution in [-0.2, 0) is 4.43 Å². The molecule has 0 saturated heterocycles. The van der Waals surface area contributed by atoms with Crippen molar-refractivity contribution in [3.8, 4) is 5.75 Å². The van der Waals surface area contributed by atoms with E-state index in [4.69, 9.17) is 9.16 Å². The summed E-state index contributed by atoms with van der Waals surface area (Å²) in [7, 11) is 0.0352. The standard InChI is InChI=1S/C16H27NO2Si/c1-16(2,3)20(5,6)19-10-8-7-9-14-11-15(18-4)13-17-12-14/h7,9,11-13H,8,10H2,1-6H3/b9-7+. The van der Waals surface area contributed by atoms with Gasteiger partial charge in [0, 0.05) is 12.8 Å². The molecule has 0 atom stereocenters. The molecular formula is C16H27NO2Si. The maximum Gasteiger partial charge on any atom is 0.191 e. The van der Waals surface area contributed by atoms with Crippen LogP contribution in [0.2, 0.25) is 18.1 Å². The summed E-state index contributed by atoms with van der Waals surface area (Å²) < 4.78 is 11.3. The second-order valence-corrected chi connectivity index (χ2v) is 11.3. The van der Waals surface area contributed by atoms with E-state index in [9.17, 15) is 0 Å². The number of nitrogens with zero attached hydrogens (tertiary/aromatic N) is 1. The summed E-state index contributed by atoms with van der Waals surface area (Å²) in [5.41, 5.74) is 1.05. The van der Waals surface area contributed by atoms with Gasteiger partial charge >= 0.3 is 0 Å². The Morgan fingerprint density at radius 1 is 1.25 bits per heavy atom. The molecule has 0 amide bonds. The summed E-state index contributed by atoms with van der Waals surface area (Å²) in [5, 5.41) is 0.271. The first kappa shape index (κ1) is 16.9. The Morgan fingerprint density at radius 3 is 2.55 bits per heavy atom. The van der Waals surface area contributed by atoms with E-state index in [0.717, 1.165) is 24.3 Å². The van der Waals surface area contributed by atoms with Gasteiger partial charge in [-0.15, -0.1) is 0 Å². The van der Waals surface area contributed by atoms with Crippen molar-refractivity contribution in [2.45, 2.75) is 45.3 Å². The molecule has 112 valence electrons. The van der Waals surface area contributed by atoms with Crippen molar-refractivity contribution in [1.29, 1.82) is 0 Å². The SMILES string of the molecule is COc1cncc(/C=C/CCO[Si](C)(C)C(C)(C)C)c1. The van der Waals surface area contributed by atoms with E-state index in [-0.39, 0.29) is 5.04 Å². The van der Waals surface area contributed by atoms with Gasteiger partial charge in [0.15, 0.2) is 8.32 Å². The highest BCUT2D eigenvalue weighted by Crippen LogP contribution is 2.36. The monoisotopic (exact) mass is 293 g/mol. The van der Waals surface area contributed by atoms with E-state index >= 15 is 0 Å². The van der Waals surface area contributed by atoms with Crippen molar-refractivity contribution in [2.75, 3.05) is 13.7 Å². The van der Waals surface area contributed by atoms with Crippen LogP contribution in [0.1, 0.15) is 32.8 Å². The predicted octanol–water partition coefficient (Wildman–Crippen LogP) is 4.52. The number of hydrogen-bond acceptors (Lipinski definition) is 3. The fourth-order valence-corrected chi connectivity index (χ4v) is 2.52. The van der Waals surface area contributed by atoms with E-state index in [1.165, 1.54) is 0 Å². The molecule has 0 aliphatic heterocycles. The van der Waals surface area contributed by atoms with Crippen molar-refractivity contribution in [1.82, 2.24) is 4.98 Å². The number of hydrogen-bond donors (Lipinski definition) is 0. The van der Waals surface area contributed by atoms with Crippen molar-refractivity contribution in [2.24, 2.45) is 0 Å². The predicted molar refractivity (Wildman–Crippen MR) is 87.6 cm³/mol. The lowest BCUT2D eigenvalue weighted by Crippen LogP contribution is -2.40. The van der Waals surface area contributed by atoms with Crippen LogP contribution in [-0.4, -0.2) is 27.0 Å². The van der Waals surface area contributed by atoms with Crippen molar-refractivity contribution >= 4 is 14.4 Å². The lowest BCUT2D eigenvalue weighted by Gasteiger charge is -2.36. The van der Waals surface area contributed by atoms with Crippen LogP contribution < -0.4 is 4.74 Å². The molecule has 0 spiro atoms. The quantitative estimate of drug-likeness (QED) is 0.571. The number of pyridine rings is 1. The minimum absolute atomic E-state index is 0.271. The van der Waals surface area contributed by atoms with Gasteiger partial charge in [0.1, 0.15) is 5.75 Å². The Balaban J connectivity index is 2.43. The highest BCUT2D eigenvalue weighted by Gasteiger charge is 2.36. The third kappa shape index (κ3) is 5.10. The maximum atomic E-state index is 6.12. The van der Waals surface area contributed by atoms with Crippen LogP contribution in [0.15, 0.2) is 24.5 Å². The van der Waals surface area contributed by atoms with Gasteiger partial charge < -0.3 is 9.16 Å². The van der Waals surface area contributed by atoms with Crippen LogP contribution in [0.25, 0.3) is 6.08 Å². The summed E-state index contributed by atoms with van der Waals surface area (Å²) in [4.78, 5) is 4.13. The second-order valence-electron chi connectivity index (χ2n) is 6.46. The van der Waals surface area contributed by atoms with Crippen molar-refractivity contribution in [3.05, 3.63) is 30.1 Å². The van der Waals surface area contributed by atoms with Gasteiger partial charge in [0.2, 0.25) is 0 Å². The molecule has 0 saturated carbocycles. The molecule has 0 N–H and O–H groups in total. The van der Waals surface area contributed by atoms with Crippen LogP contribution in [0.3, 0.4) is 0 Å². The van der Waals surface area contributed by atoms with E-state index in [2.05, 4.69) is 51.0 Å². The highest BCUT2D eigenvalue weighted by atomic mass is 28.4. The number of methoxy groups -OCH3 is 1. The number of ether oxygens (including phenoxy) is 1. The molecule has 0 aromatic carbocycles. The molecule has 0 radical (unpaired) electrons. The third-order valence-corrected chi connectivity index (χ3v) is 8.37. The van der Waals surface area contributed by atoms with E-state index in [1.54, 1.807) is 13.3 Å². The van der Waals surface area contributed by atoms with Gasteiger partial charge in [-0.3, -0.25) is 4.98 Å². The first-order chi connectivity index (χ1) is 9.26. The molecule has 1 rings (SSSR count). The Kier molecular flexibility index (Phi) is 5.96. The topological polar surface area (TPSA) is 31.4 Å². The van der Waals surface area contributed by atoms with Gasteiger partial charge in [-0.25, -0.2) is 0 Å². The lowest BCUT2D eigenvalue weighted by molar-refractivity contribution is 0.294. The fraction of sp³-hybridized carbons (Fsp3) is 0.562. The zero-order chi connectivity index (χ0) is 15.2. The minimum atomic E-state index is -1.62. The van der Waals surface area contributed by atoms with Crippen LogP contribution >= 0.6 is 0 Å². The van der Waals surface area contributed by atoms with E-state index in [1.807, 2.05) is 12.3 Å². The number of aromatic nitrogens is 1. The lowest BCUT2D eigenvalue weighted by atomic mass is 10.2. The molecule has 0 bridgehead atoms. The van der Waals surface area contributed by atoms with Crippen LogP contribution in [0.4, 0.5) is 0 Å². The zero-order valence-corrected chi connectivity index (χ0v) is 14.6. The van der Waals surface area contributed by atoms with Gasteiger partial charge in [-0.1, -0.05) is 32.9 Å². The van der Waals surface area contributed by atoms with Crippen LogP contribution in [0.5, 0.6) is 5.75 Å². The zero-order valence-electron chi connectivity index (χ0n) is 13.6. The molecule has 20 heavy (non-hydrogen) atoms. The largest absolute Gasteiger partial charge is 0.495 e. The third-order valence-electron chi connectivity index (χ3n) is 3.83. The first-order valence-electron chi connectivity index (χ1n) is 7.06. The smallest absolute Gasteiger partial charge is 0.191 e. The average Bonchev–Trinajstić information content (AvgIpc) is 2.37. The molecule has 4 heteroatoms. The molecule has 1 heterocycles. The highest BCUT2D eigenvalue weighted by molar-refractivity contribution is 6.74. The summed E-state index contributed by atoms with van der Waals surface area (Å²) in [6.45, 7) is 12.1. The first-order valence-corrected chi connectivity index (χ1v) is 9.96. The molecule has 3 nitrogen and oxygen atoms in total. The van der Waals surface area contributed by atoms with Gasteiger partial charge in [-0.05, 0) is 36.2 Å². The Labute approximate surface area is 124 Å². The number of rotatable bonds is 6. The van der Waals surface area contributed by atoms with Crippen molar-refractivity contribution < 1.29 is 9.16 Å². The normalized spacial score (nSPS) is 12.9. The summed E-state index contributed by atoms with van der Waals surface area (Å²) in [5.74, 6) is 0.782. The van der Waals surface area contributed by atoms with E-state index in [0.29, 0.717) is 0 Å². The summed E-state index contributed by atoms with van der Waals surface area (Å²) >= 11 is 0. The van der Waals surface area contributed by atoms with Gasteiger partial charge in [-0.2, -0.15) is 0 Å². The van der Waals surface area contributed by atoms with Crippen molar-refractivity contribution in [3.63, 3.8) is 0 Å². The van der Waals surface area contributed by atoms with Gasteiger partial charge in [0.25, 0.3) is 0 Å². The Hall–Kier alpha value is -1.13. The summed E-state index contributed by atoms with van der Waals surface area (Å²) in [6.07, 6.45) is 8.64. The molecule has 0 fully saturated rings.